The Labute approximate surface area is 171 Å². The Hall–Kier alpha value is -1.46. The summed E-state index contributed by atoms with van der Waals surface area (Å²) >= 11 is 5.04. The molecule has 140 valence electrons. The van der Waals surface area contributed by atoms with Gasteiger partial charge in [0, 0.05) is 10.6 Å². The summed E-state index contributed by atoms with van der Waals surface area (Å²) in [5.41, 5.74) is 3.61. The van der Waals surface area contributed by atoms with E-state index in [1.807, 2.05) is 30.3 Å². The van der Waals surface area contributed by atoms with Crippen LogP contribution >= 0.6 is 35.3 Å². The lowest BCUT2D eigenvalue weighted by atomic mass is 10.00. The van der Waals surface area contributed by atoms with Crippen LogP contribution in [0.15, 0.2) is 52.9 Å². The van der Waals surface area contributed by atoms with E-state index in [1.165, 1.54) is 0 Å². The highest BCUT2D eigenvalue weighted by Gasteiger charge is 2.21. The van der Waals surface area contributed by atoms with E-state index in [0.717, 1.165) is 39.1 Å². The lowest BCUT2D eigenvalue weighted by Gasteiger charge is -2.15. The van der Waals surface area contributed by atoms with Gasteiger partial charge in [-0.05, 0) is 40.2 Å². The maximum Gasteiger partial charge on any atom is 0.116 e. The van der Waals surface area contributed by atoms with Gasteiger partial charge < -0.3 is 0 Å². The van der Waals surface area contributed by atoms with Crippen molar-refractivity contribution >= 4 is 35.3 Å². The second kappa shape index (κ2) is 10.8. The van der Waals surface area contributed by atoms with E-state index in [2.05, 4.69) is 28.6 Å². The Bertz CT molecular complexity index is 816. The van der Waals surface area contributed by atoms with Crippen LogP contribution in [0.1, 0.15) is 29.3 Å². The number of pyridine rings is 1. The molecule has 0 saturated carbocycles. The molecular weight excluding hydrogens is 399 g/mol. The van der Waals surface area contributed by atoms with Crippen LogP contribution in [0.25, 0.3) is 11.1 Å². The molecule has 7 heteroatoms. The highest BCUT2D eigenvalue weighted by Crippen LogP contribution is 2.41. The topological polar surface area (TPSA) is 45.9 Å². The molecule has 1 aliphatic heterocycles. The smallest absolute Gasteiger partial charge is 0.116 e. The summed E-state index contributed by atoms with van der Waals surface area (Å²) in [6.45, 7) is 0.124. The number of halogens is 1. The van der Waals surface area contributed by atoms with Crippen molar-refractivity contribution in [1.82, 2.24) is 4.98 Å². The van der Waals surface area contributed by atoms with Gasteiger partial charge in [-0.1, -0.05) is 48.2 Å². The molecule has 2 heterocycles. The molecule has 0 aliphatic carbocycles. The van der Waals surface area contributed by atoms with Gasteiger partial charge in [0.2, 0.25) is 0 Å². The maximum atomic E-state index is 11.7. The summed E-state index contributed by atoms with van der Waals surface area (Å²) in [6.07, 6.45) is 3.78. The number of benzene rings is 1. The van der Waals surface area contributed by atoms with Crippen LogP contribution in [0.5, 0.6) is 0 Å². The predicted molar refractivity (Wildman–Crippen MR) is 113 cm³/mol. The molecule has 3 nitrogen and oxygen atoms in total. The number of hydrogen-bond acceptors (Lipinski definition) is 6. The van der Waals surface area contributed by atoms with Crippen molar-refractivity contribution in [3.8, 4) is 17.2 Å². The van der Waals surface area contributed by atoms with E-state index >= 15 is 0 Å². The van der Waals surface area contributed by atoms with Crippen LogP contribution in [-0.2, 0) is 4.94 Å². The number of allylic oxidation sites excluding steroid dienone is 1. The van der Waals surface area contributed by atoms with Gasteiger partial charge in [-0.2, -0.15) is 22.0 Å². The fourth-order valence-corrected chi connectivity index (χ4v) is 5.65. The third kappa shape index (κ3) is 5.52. The SMILES string of the molecule is N#Cc1c(-c2ccccc2)cc(C2CC=CS2)nc1SCSCCCOF. The fourth-order valence-electron chi connectivity index (χ4n) is 2.71. The third-order valence-corrected chi connectivity index (χ3v) is 7.41. The van der Waals surface area contributed by atoms with Gasteiger partial charge in [0.1, 0.15) is 11.1 Å². The Morgan fingerprint density at radius 1 is 1.33 bits per heavy atom. The first-order valence-electron chi connectivity index (χ1n) is 8.58. The summed E-state index contributed by atoms with van der Waals surface area (Å²) in [7, 11) is 0. The van der Waals surface area contributed by atoms with Gasteiger partial charge in [0.25, 0.3) is 0 Å². The molecule has 0 bridgehead atoms. The van der Waals surface area contributed by atoms with Crippen molar-refractivity contribution in [3.05, 3.63) is 59.1 Å². The fraction of sp³-hybridized carbons (Fsp3) is 0.300. The molecule has 0 fully saturated rings. The van der Waals surface area contributed by atoms with Gasteiger partial charge in [-0.3, -0.25) is 0 Å². The molecule has 1 atom stereocenters. The first kappa shape index (κ1) is 20.3. The summed E-state index contributed by atoms with van der Waals surface area (Å²) in [5, 5.41) is 13.8. The molecule has 3 rings (SSSR count). The molecule has 1 aromatic carbocycles. The number of rotatable bonds is 9. The van der Waals surface area contributed by atoms with E-state index in [9.17, 15) is 9.79 Å². The Morgan fingerprint density at radius 3 is 2.89 bits per heavy atom. The van der Waals surface area contributed by atoms with Gasteiger partial charge in [-0.25, -0.2) is 4.98 Å². The zero-order valence-electron chi connectivity index (χ0n) is 14.6. The molecule has 27 heavy (non-hydrogen) atoms. The van der Waals surface area contributed by atoms with Gasteiger partial charge in [-0.15, -0.1) is 11.8 Å². The number of hydrogen-bond donors (Lipinski definition) is 0. The summed E-state index contributed by atoms with van der Waals surface area (Å²) in [4.78, 5) is 8.42. The van der Waals surface area contributed by atoms with Crippen LogP contribution in [0.3, 0.4) is 0 Å². The number of nitrogens with zero attached hydrogens (tertiary/aromatic N) is 2. The second-order valence-corrected chi connectivity index (χ2v) is 9.37. The van der Waals surface area contributed by atoms with Crippen LogP contribution in [-0.4, -0.2) is 22.4 Å². The highest BCUT2D eigenvalue weighted by molar-refractivity contribution is 8.16. The van der Waals surface area contributed by atoms with Crippen molar-refractivity contribution in [3.63, 3.8) is 0 Å². The minimum absolute atomic E-state index is 0.124. The van der Waals surface area contributed by atoms with Crippen LogP contribution < -0.4 is 0 Å². The van der Waals surface area contributed by atoms with Crippen LogP contribution in [0.4, 0.5) is 4.53 Å². The molecule has 0 amide bonds. The quantitative estimate of drug-likeness (QED) is 0.267. The van der Waals surface area contributed by atoms with Crippen molar-refractivity contribution in [2.24, 2.45) is 0 Å². The van der Waals surface area contributed by atoms with Crippen LogP contribution in [0.2, 0.25) is 0 Å². The van der Waals surface area contributed by atoms with Gasteiger partial charge in [0.05, 0.1) is 23.1 Å². The van der Waals surface area contributed by atoms with Crippen molar-refractivity contribution in [1.29, 1.82) is 5.26 Å². The average Bonchev–Trinajstić information content (AvgIpc) is 3.25. The molecule has 0 radical (unpaired) electrons. The number of nitriles is 1. The highest BCUT2D eigenvalue weighted by atomic mass is 32.2. The molecule has 1 aliphatic rings. The first-order chi connectivity index (χ1) is 13.3. The molecule has 0 saturated heterocycles. The molecule has 1 unspecified atom stereocenters. The maximum absolute atomic E-state index is 11.7. The average molecular weight is 419 g/mol. The largest absolute Gasteiger partial charge is 0.244 e. The normalized spacial score (nSPS) is 15.8. The molecule has 2 aromatic rings. The van der Waals surface area contributed by atoms with Crippen molar-refractivity contribution < 1.29 is 9.47 Å². The zero-order chi connectivity index (χ0) is 18.9. The monoisotopic (exact) mass is 418 g/mol. The first-order valence-corrected chi connectivity index (χ1v) is 11.7. The molecular formula is C20H19FN2OS3. The Morgan fingerprint density at radius 2 is 2.19 bits per heavy atom. The number of thioether (sulfide) groups is 3. The van der Waals surface area contributed by atoms with Crippen molar-refractivity contribution in [2.75, 3.05) is 17.4 Å². The Kier molecular flexibility index (Phi) is 8.09. The van der Waals surface area contributed by atoms with E-state index < -0.39 is 0 Å². The van der Waals surface area contributed by atoms with E-state index in [-0.39, 0.29) is 6.61 Å². The summed E-state index contributed by atoms with van der Waals surface area (Å²) in [5.74, 6) is 0.812. The molecule has 0 N–H and O–H groups in total. The minimum atomic E-state index is 0.124. The zero-order valence-corrected chi connectivity index (χ0v) is 17.1. The standard InChI is InChI=1S/C20H19FN2OS3/c21-24-9-5-10-25-14-27-20-17(13-22)16(15-6-2-1-3-7-15)12-18(23-20)19-8-4-11-26-19/h1-4,6-7,11-12,19H,5,8-10,14H2. The van der Waals surface area contributed by atoms with Gasteiger partial charge >= 0.3 is 0 Å². The second-order valence-electron chi connectivity index (χ2n) is 5.82. The van der Waals surface area contributed by atoms with E-state index in [1.54, 1.807) is 35.3 Å². The Balaban J connectivity index is 1.86. The third-order valence-electron chi connectivity index (χ3n) is 4.01. The van der Waals surface area contributed by atoms with E-state index in [4.69, 9.17) is 4.98 Å². The van der Waals surface area contributed by atoms with Crippen LogP contribution in [0, 0.1) is 11.3 Å². The summed E-state index contributed by atoms with van der Waals surface area (Å²) < 4.78 is 11.7. The lowest BCUT2D eigenvalue weighted by Crippen LogP contribution is -2.01. The molecule has 0 spiro atoms. The van der Waals surface area contributed by atoms with Gasteiger partial charge in [0.15, 0.2) is 0 Å². The summed E-state index contributed by atoms with van der Waals surface area (Å²) in [6, 6.07) is 14.4. The van der Waals surface area contributed by atoms with E-state index in [0.29, 0.717) is 17.2 Å². The minimum Gasteiger partial charge on any atom is -0.244 e. The molecule has 1 aromatic heterocycles. The lowest BCUT2D eigenvalue weighted by molar-refractivity contribution is -0.131. The predicted octanol–water partition coefficient (Wildman–Crippen LogP) is 6.39. The number of aromatic nitrogens is 1. The van der Waals surface area contributed by atoms with Crippen molar-refractivity contribution in [2.45, 2.75) is 23.1 Å².